The van der Waals surface area contributed by atoms with Gasteiger partial charge in [-0.05, 0) is 0 Å². The highest BCUT2D eigenvalue weighted by molar-refractivity contribution is 5.68. The average Bonchev–Trinajstić information content (AvgIpc) is 2.44. The van der Waals surface area contributed by atoms with Crippen molar-refractivity contribution in [3.8, 4) is 18.2 Å². The van der Waals surface area contributed by atoms with Gasteiger partial charge in [-0.3, -0.25) is 10.1 Å². The third-order valence-corrected chi connectivity index (χ3v) is 2.16. The van der Waals surface area contributed by atoms with E-state index in [0.29, 0.717) is 0 Å². The van der Waals surface area contributed by atoms with Crippen LogP contribution in [0.25, 0.3) is 0 Å². The lowest BCUT2D eigenvalue weighted by molar-refractivity contribution is -0.386. The predicted molar refractivity (Wildman–Crippen MR) is 60.5 cm³/mol. The number of halogens is 3. The van der Waals surface area contributed by atoms with E-state index in [4.69, 9.17) is 15.8 Å². The molecule has 104 valence electrons. The Kier molecular flexibility index (Phi) is 4.45. The van der Waals surface area contributed by atoms with E-state index in [2.05, 4.69) is 0 Å². The zero-order valence-electron chi connectivity index (χ0n) is 9.82. The Morgan fingerprint density at radius 3 is 2.14 bits per heavy atom. The lowest BCUT2D eigenvalue weighted by Crippen LogP contribution is -2.07. The van der Waals surface area contributed by atoms with Crippen LogP contribution in [0.5, 0.6) is 0 Å². The number of allylic oxidation sites excluding steroid dienone is 2. The molecule has 0 aliphatic rings. The molecule has 0 aliphatic carbocycles. The van der Waals surface area contributed by atoms with Crippen molar-refractivity contribution in [1.29, 1.82) is 15.8 Å². The van der Waals surface area contributed by atoms with E-state index in [1.165, 1.54) is 18.2 Å². The van der Waals surface area contributed by atoms with Gasteiger partial charge in [0.25, 0.3) is 0 Å². The van der Waals surface area contributed by atoms with E-state index in [0.717, 1.165) is 0 Å². The number of nitro groups is 1. The maximum absolute atomic E-state index is 13.4. The van der Waals surface area contributed by atoms with Crippen LogP contribution in [0.3, 0.4) is 0 Å². The molecular formula is C11H2F3N5O2. The van der Waals surface area contributed by atoms with Crippen LogP contribution in [-0.4, -0.2) is 4.92 Å². The Bertz CT molecular complexity index is 767. The summed E-state index contributed by atoms with van der Waals surface area (Å²) in [6, 6.07) is 4.20. The Labute approximate surface area is 114 Å². The summed E-state index contributed by atoms with van der Waals surface area (Å²) in [6.07, 6.45) is 0. The molecule has 0 aromatic heterocycles. The second-order valence-electron chi connectivity index (χ2n) is 3.35. The van der Waals surface area contributed by atoms with Crippen LogP contribution >= 0.6 is 0 Å². The second-order valence-corrected chi connectivity index (χ2v) is 3.35. The largest absolute Gasteiger partial charge is 0.339 e. The molecule has 1 aromatic rings. The van der Waals surface area contributed by atoms with E-state index in [1.807, 2.05) is 5.32 Å². The Morgan fingerprint density at radius 2 is 1.71 bits per heavy atom. The van der Waals surface area contributed by atoms with Crippen molar-refractivity contribution >= 4 is 11.4 Å². The maximum atomic E-state index is 13.4. The van der Waals surface area contributed by atoms with Gasteiger partial charge in [0.15, 0.2) is 11.4 Å². The number of anilines is 1. The molecule has 0 radical (unpaired) electrons. The van der Waals surface area contributed by atoms with E-state index >= 15 is 0 Å². The summed E-state index contributed by atoms with van der Waals surface area (Å²) in [7, 11) is 0. The van der Waals surface area contributed by atoms with E-state index in [9.17, 15) is 23.3 Å². The van der Waals surface area contributed by atoms with Crippen molar-refractivity contribution in [3.05, 3.63) is 44.9 Å². The van der Waals surface area contributed by atoms with Gasteiger partial charge in [-0.1, -0.05) is 0 Å². The molecule has 0 saturated heterocycles. The number of hydrogen-bond acceptors (Lipinski definition) is 6. The van der Waals surface area contributed by atoms with Crippen LogP contribution in [-0.2, 0) is 0 Å². The smallest absolute Gasteiger partial charge is 0.331 e. The molecule has 21 heavy (non-hydrogen) atoms. The number of nitrogens with zero attached hydrogens (tertiary/aromatic N) is 4. The number of nitrogens with one attached hydrogen (secondary N) is 1. The highest BCUT2D eigenvalue weighted by Crippen LogP contribution is 2.32. The SMILES string of the molecule is N#CC(C#N)=C(C#N)Nc1cc(F)c(F)c(F)c1[N+](=O)[O-]. The number of benzene rings is 1. The third-order valence-electron chi connectivity index (χ3n) is 2.16. The minimum atomic E-state index is -2.07. The van der Waals surface area contributed by atoms with E-state index < -0.39 is 45.0 Å². The van der Waals surface area contributed by atoms with Crippen molar-refractivity contribution in [2.45, 2.75) is 0 Å². The molecule has 0 fully saturated rings. The molecule has 0 heterocycles. The first-order valence-electron chi connectivity index (χ1n) is 4.90. The molecule has 7 nitrogen and oxygen atoms in total. The van der Waals surface area contributed by atoms with Gasteiger partial charge in [0.2, 0.25) is 11.6 Å². The van der Waals surface area contributed by atoms with Gasteiger partial charge in [-0.25, -0.2) is 8.78 Å². The van der Waals surface area contributed by atoms with Gasteiger partial charge in [0.05, 0.1) is 4.92 Å². The summed E-state index contributed by atoms with van der Waals surface area (Å²) in [5.74, 6) is -5.88. The topological polar surface area (TPSA) is 127 Å². The molecule has 0 aliphatic heterocycles. The van der Waals surface area contributed by atoms with Crippen molar-refractivity contribution in [2.24, 2.45) is 0 Å². The summed E-state index contributed by atoms with van der Waals surface area (Å²) >= 11 is 0. The van der Waals surface area contributed by atoms with E-state index in [1.54, 1.807) is 0 Å². The fourth-order valence-corrected chi connectivity index (χ4v) is 1.28. The van der Waals surface area contributed by atoms with Crippen LogP contribution in [0.4, 0.5) is 24.5 Å². The Morgan fingerprint density at radius 1 is 1.14 bits per heavy atom. The molecule has 0 saturated carbocycles. The lowest BCUT2D eigenvalue weighted by Gasteiger charge is -2.07. The molecule has 1 N–H and O–H groups in total. The molecule has 0 spiro atoms. The first-order chi connectivity index (χ1) is 9.87. The van der Waals surface area contributed by atoms with Crippen LogP contribution in [0, 0.1) is 61.6 Å². The highest BCUT2D eigenvalue weighted by Gasteiger charge is 2.28. The lowest BCUT2D eigenvalue weighted by atomic mass is 10.2. The van der Waals surface area contributed by atoms with Gasteiger partial charge >= 0.3 is 5.69 Å². The van der Waals surface area contributed by atoms with Gasteiger partial charge in [-0.2, -0.15) is 20.2 Å². The first kappa shape index (κ1) is 15.5. The van der Waals surface area contributed by atoms with Gasteiger partial charge in [0, 0.05) is 6.07 Å². The van der Waals surface area contributed by atoms with Gasteiger partial charge in [-0.15, -0.1) is 0 Å². The molecule has 0 bridgehead atoms. The summed E-state index contributed by atoms with van der Waals surface area (Å²) in [6.45, 7) is 0. The molecule has 1 aromatic carbocycles. The fraction of sp³-hybridized carbons (Fsp3) is 0. The molecule has 0 atom stereocenters. The number of hydrogen-bond donors (Lipinski definition) is 1. The zero-order chi connectivity index (χ0) is 16.2. The average molecular weight is 293 g/mol. The van der Waals surface area contributed by atoms with E-state index in [-0.39, 0.29) is 6.07 Å². The normalized spacial score (nSPS) is 8.95. The van der Waals surface area contributed by atoms with Crippen molar-refractivity contribution in [3.63, 3.8) is 0 Å². The van der Waals surface area contributed by atoms with Crippen molar-refractivity contribution in [2.75, 3.05) is 5.32 Å². The van der Waals surface area contributed by atoms with Gasteiger partial charge < -0.3 is 5.32 Å². The fourth-order valence-electron chi connectivity index (χ4n) is 1.28. The van der Waals surface area contributed by atoms with Crippen molar-refractivity contribution < 1.29 is 18.1 Å². The molecular weight excluding hydrogens is 291 g/mol. The minimum absolute atomic E-state index is 0.236. The molecule has 1 rings (SSSR count). The Hall–Kier alpha value is -3.58. The maximum Gasteiger partial charge on any atom is 0.331 e. The second kappa shape index (κ2) is 6.04. The molecule has 0 unspecified atom stereocenters. The molecule has 0 amide bonds. The minimum Gasteiger partial charge on any atom is -0.339 e. The highest BCUT2D eigenvalue weighted by atomic mass is 19.2. The predicted octanol–water partition coefficient (Wildman–Crippen LogP) is 2.25. The number of rotatable bonds is 3. The number of nitro benzene ring substituents is 1. The Balaban J connectivity index is 3.57. The molecule has 10 heteroatoms. The standard InChI is InChI=1S/C11H2F3N5O2/c12-6-1-7(11(19(20)21)10(14)9(6)13)18-8(4-17)5(2-15)3-16/h1,18H. The summed E-state index contributed by atoms with van der Waals surface area (Å²) in [4.78, 5) is 9.35. The number of nitriles is 3. The quantitative estimate of drug-likeness (QED) is 0.394. The zero-order valence-corrected chi connectivity index (χ0v) is 9.82. The summed E-state index contributed by atoms with van der Waals surface area (Å²) < 4.78 is 39.4. The summed E-state index contributed by atoms with van der Waals surface area (Å²) in [5.41, 5.74) is -3.90. The van der Waals surface area contributed by atoms with Gasteiger partial charge in [0.1, 0.15) is 29.6 Å². The van der Waals surface area contributed by atoms with Crippen LogP contribution in [0.1, 0.15) is 0 Å². The van der Waals surface area contributed by atoms with Crippen LogP contribution < -0.4 is 5.32 Å². The summed E-state index contributed by atoms with van der Waals surface area (Å²) in [5, 5.41) is 38.5. The first-order valence-corrected chi connectivity index (χ1v) is 4.90. The third kappa shape index (κ3) is 2.88. The monoisotopic (exact) mass is 293 g/mol. The van der Waals surface area contributed by atoms with Crippen LogP contribution in [0.2, 0.25) is 0 Å². The van der Waals surface area contributed by atoms with Crippen LogP contribution in [0.15, 0.2) is 17.3 Å². The van der Waals surface area contributed by atoms with Crippen molar-refractivity contribution in [1.82, 2.24) is 0 Å².